The first-order valence-corrected chi connectivity index (χ1v) is 6.75. The second-order valence-electron chi connectivity index (χ2n) is 4.84. The zero-order valence-electron chi connectivity index (χ0n) is 12.5. The van der Waals surface area contributed by atoms with Gasteiger partial charge in [-0.1, -0.05) is 0 Å². The number of aldehydes is 1. The fourth-order valence-corrected chi connectivity index (χ4v) is 2.53. The number of carbonyl (C=O) groups is 1. The number of carbonyl (C=O) groups excluding carboxylic acids is 1. The van der Waals surface area contributed by atoms with Gasteiger partial charge in [0.2, 0.25) is 5.75 Å². The fourth-order valence-electron chi connectivity index (χ4n) is 2.53. The van der Waals surface area contributed by atoms with E-state index in [1.165, 1.54) is 26.4 Å². The van der Waals surface area contributed by atoms with E-state index in [9.17, 15) is 15.0 Å². The molecule has 3 rings (SSSR count). The number of phenolic OH excluding ortho intramolecular Hbond substituents is 2. The number of rotatable bonds is 4. The van der Waals surface area contributed by atoms with Gasteiger partial charge in [0, 0.05) is 11.5 Å². The third-order valence-corrected chi connectivity index (χ3v) is 3.59. The van der Waals surface area contributed by atoms with Crippen molar-refractivity contribution in [3.63, 3.8) is 0 Å². The topological polar surface area (TPSA) is 89.1 Å². The highest BCUT2D eigenvalue weighted by Gasteiger charge is 2.22. The van der Waals surface area contributed by atoms with Crippen molar-refractivity contribution in [2.24, 2.45) is 0 Å². The van der Waals surface area contributed by atoms with Gasteiger partial charge in [-0.05, 0) is 24.3 Å². The molecule has 118 valence electrons. The number of fused-ring (bicyclic) bond motifs is 1. The predicted octanol–water partition coefficient (Wildman–Crippen LogP) is 3.34. The minimum atomic E-state index is -0.187. The van der Waals surface area contributed by atoms with E-state index in [-0.39, 0.29) is 28.8 Å². The average molecular weight is 314 g/mol. The Kier molecular flexibility index (Phi) is 3.57. The van der Waals surface area contributed by atoms with E-state index in [0.717, 1.165) is 0 Å². The summed E-state index contributed by atoms with van der Waals surface area (Å²) in [7, 11) is 2.82. The SMILES string of the molecule is COc1ccc(-c2oc3cc(O)ccc3c2C=O)c(OC)c1O. The van der Waals surface area contributed by atoms with Crippen LogP contribution in [0.3, 0.4) is 0 Å². The third kappa shape index (κ3) is 2.24. The number of benzene rings is 2. The highest BCUT2D eigenvalue weighted by Crippen LogP contribution is 2.46. The molecule has 0 atom stereocenters. The molecule has 6 heteroatoms. The van der Waals surface area contributed by atoms with Crippen LogP contribution in [0.5, 0.6) is 23.0 Å². The van der Waals surface area contributed by atoms with E-state index >= 15 is 0 Å². The first-order chi connectivity index (χ1) is 11.1. The molecule has 1 aromatic heterocycles. The van der Waals surface area contributed by atoms with Crippen LogP contribution >= 0.6 is 0 Å². The molecule has 0 aliphatic heterocycles. The summed E-state index contributed by atoms with van der Waals surface area (Å²) in [6.45, 7) is 0. The number of phenols is 2. The first-order valence-electron chi connectivity index (χ1n) is 6.75. The van der Waals surface area contributed by atoms with Crippen LogP contribution in [0.15, 0.2) is 34.7 Å². The van der Waals surface area contributed by atoms with Crippen LogP contribution < -0.4 is 9.47 Å². The summed E-state index contributed by atoms with van der Waals surface area (Å²) in [6, 6.07) is 7.66. The summed E-state index contributed by atoms with van der Waals surface area (Å²) in [5.74, 6) is 0.464. The number of methoxy groups -OCH3 is 2. The van der Waals surface area contributed by atoms with Crippen molar-refractivity contribution in [3.8, 4) is 34.3 Å². The van der Waals surface area contributed by atoms with Gasteiger partial charge in [0.25, 0.3) is 0 Å². The summed E-state index contributed by atoms with van der Waals surface area (Å²) < 4.78 is 16.0. The molecule has 0 unspecified atom stereocenters. The Labute approximate surface area is 131 Å². The number of ether oxygens (including phenoxy) is 2. The standard InChI is InChI=1S/C17H14O6/c1-21-13-6-5-11(17(22-2)15(13)20)16-12(8-18)10-4-3-9(19)7-14(10)23-16/h3-8,19-20H,1-2H3. The van der Waals surface area contributed by atoms with Gasteiger partial charge in [0.1, 0.15) is 17.1 Å². The van der Waals surface area contributed by atoms with Gasteiger partial charge in [-0.2, -0.15) is 0 Å². The van der Waals surface area contributed by atoms with Crippen LogP contribution in [0.25, 0.3) is 22.3 Å². The monoisotopic (exact) mass is 314 g/mol. The van der Waals surface area contributed by atoms with E-state index in [1.807, 2.05) is 0 Å². The normalized spacial score (nSPS) is 10.7. The van der Waals surface area contributed by atoms with Crippen molar-refractivity contribution < 1.29 is 28.9 Å². The highest BCUT2D eigenvalue weighted by atomic mass is 16.5. The van der Waals surface area contributed by atoms with Gasteiger partial charge in [-0.3, -0.25) is 4.79 Å². The van der Waals surface area contributed by atoms with Crippen molar-refractivity contribution in [2.45, 2.75) is 0 Å². The fraction of sp³-hybridized carbons (Fsp3) is 0.118. The molecular weight excluding hydrogens is 300 g/mol. The Morgan fingerprint density at radius 1 is 1.09 bits per heavy atom. The Morgan fingerprint density at radius 2 is 1.87 bits per heavy atom. The number of aromatic hydroxyl groups is 2. The number of hydrogen-bond acceptors (Lipinski definition) is 6. The summed E-state index contributed by atoms with van der Waals surface area (Å²) in [5.41, 5.74) is 1.07. The van der Waals surface area contributed by atoms with Gasteiger partial charge in [0.15, 0.2) is 17.8 Å². The maximum Gasteiger partial charge on any atom is 0.201 e. The molecular formula is C17H14O6. The Bertz CT molecular complexity index is 894. The number of hydrogen-bond donors (Lipinski definition) is 2. The predicted molar refractivity (Wildman–Crippen MR) is 83.5 cm³/mol. The van der Waals surface area contributed by atoms with Crippen molar-refractivity contribution in [3.05, 3.63) is 35.9 Å². The molecule has 23 heavy (non-hydrogen) atoms. The van der Waals surface area contributed by atoms with Crippen LogP contribution in [-0.2, 0) is 0 Å². The minimum Gasteiger partial charge on any atom is -0.508 e. The Hall–Kier alpha value is -3.15. The second kappa shape index (κ2) is 5.57. The van der Waals surface area contributed by atoms with Gasteiger partial charge < -0.3 is 24.1 Å². The summed E-state index contributed by atoms with van der Waals surface area (Å²) in [4.78, 5) is 11.5. The van der Waals surface area contributed by atoms with E-state index in [2.05, 4.69) is 0 Å². The van der Waals surface area contributed by atoms with E-state index in [0.29, 0.717) is 28.4 Å². The van der Waals surface area contributed by atoms with Crippen molar-refractivity contribution in [2.75, 3.05) is 14.2 Å². The first kappa shape index (κ1) is 14.8. The lowest BCUT2D eigenvalue weighted by Crippen LogP contribution is -1.93. The molecule has 0 saturated heterocycles. The molecule has 2 aromatic carbocycles. The van der Waals surface area contributed by atoms with E-state index in [1.54, 1.807) is 18.2 Å². The maximum atomic E-state index is 11.5. The van der Waals surface area contributed by atoms with Gasteiger partial charge in [-0.25, -0.2) is 0 Å². The molecule has 6 nitrogen and oxygen atoms in total. The second-order valence-corrected chi connectivity index (χ2v) is 4.84. The zero-order chi connectivity index (χ0) is 16.6. The van der Waals surface area contributed by atoms with E-state index < -0.39 is 0 Å². The molecule has 0 bridgehead atoms. The van der Waals surface area contributed by atoms with Crippen LogP contribution in [-0.4, -0.2) is 30.7 Å². The average Bonchev–Trinajstić information content (AvgIpc) is 2.91. The lowest BCUT2D eigenvalue weighted by Gasteiger charge is -2.11. The molecule has 0 amide bonds. The molecule has 0 aliphatic carbocycles. The summed E-state index contributed by atoms with van der Waals surface area (Å²) in [5, 5.41) is 20.3. The van der Waals surface area contributed by atoms with E-state index in [4.69, 9.17) is 13.9 Å². The smallest absolute Gasteiger partial charge is 0.201 e. The van der Waals surface area contributed by atoms with Gasteiger partial charge in [0.05, 0.1) is 25.3 Å². The highest BCUT2D eigenvalue weighted by molar-refractivity contribution is 6.03. The summed E-state index contributed by atoms with van der Waals surface area (Å²) >= 11 is 0. The van der Waals surface area contributed by atoms with Crippen LogP contribution in [0, 0.1) is 0 Å². The lowest BCUT2D eigenvalue weighted by molar-refractivity contribution is 0.112. The molecule has 0 spiro atoms. The van der Waals surface area contributed by atoms with Crippen LogP contribution in [0.1, 0.15) is 10.4 Å². The van der Waals surface area contributed by atoms with Crippen molar-refractivity contribution in [1.82, 2.24) is 0 Å². The quantitative estimate of drug-likeness (QED) is 0.718. The Morgan fingerprint density at radius 3 is 2.52 bits per heavy atom. The number of furan rings is 1. The largest absolute Gasteiger partial charge is 0.508 e. The molecule has 0 radical (unpaired) electrons. The zero-order valence-corrected chi connectivity index (χ0v) is 12.5. The van der Waals surface area contributed by atoms with Crippen molar-refractivity contribution >= 4 is 17.3 Å². The molecule has 0 fully saturated rings. The summed E-state index contributed by atoms with van der Waals surface area (Å²) in [6.07, 6.45) is 0.666. The maximum absolute atomic E-state index is 11.5. The van der Waals surface area contributed by atoms with Crippen LogP contribution in [0.4, 0.5) is 0 Å². The minimum absolute atomic E-state index is 0.0276. The molecule has 0 aliphatic rings. The van der Waals surface area contributed by atoms with Crippen LogP contribution in [0.2, 0.25) is 0 Å². The van der Waals surface area contributed by atoms with Gasteiger partial charge >= 0.3 is 0 Å². The van der Waals surface area contributed by atoms with Gasteiger partial charge in [-0.15, -0.1) is 0 Å². The molecule has 2 N–H and O–H groups in total. The third-order valence-electron chi connectivity index (χ3n) is 3.59. The molecule has 3 aromatic rings. The molecule has 0 saturated carbocycles. The lowest BCUT2D eigenvalue weighted by atomic mass is 10.0. The Balaban J connectivity index is 2.32. The van der Waals surface area contributed by atoms with Crippen molar-refractivity contribution in [1.29, 1.82) is 0 Å². The molecule has 1 heterocycles.